The third-order valence-corrected chi connectivity index (χ3v) is 4.22. The molecule has 3 unspecified atom stereocenters. The highest BCUT2D eigenvalue weighted by molar-refractivity contribution is 5.02. The molecule has 1 fully saturated rings. The van der Waals surface area contributed by atoms with Gasteiger partial charge in [-0.1, -0.05) is 20.8 Å². The number of nitriles is 3. The van der Waals surface area contributed by atoms with Crippen LogP contribution in [0.15, 0.2) is 0 Å². The highest BCUT2D eigenvalue weighted by Crippen LogP contribution is 2.41. The van der Waals surface area contributed by atoms with E-state index >= 15 is 0 Å². The lowest BCUT2D eigenvalue weighted by Gasteiger charge is -2.43. The minimum atomic E-state index is -0.0553. The minimum Gasteiger partial charge on any atom is -0.273 e. The van der Waals surface area contributed by atoms with E-state index < -0.39 is 0 Å². The molecule has 102 valence electrons. The van der Waals surface area contributed by atoms with Crippen molar-refractivity contribution in [3.05, 3.63) is 0 Å². The molecule has 1 aliphatic rings. The lowest BCUT2D eigenvalue weighted by Crippen LogP contribution is -2.46. The Labute approximate surface area is 116 Å². The fraction of sp³-hybridized carbons (Fsp3) is 0.800. The van der Waals surface area contributed by atoms with Gasteiger partial charge < -0.3 is 0 Å². The molecule has 4 heteroatoms. The summed E-state index contributed by atoms with van der Waals surface area (Å²) in [5.41, 5.74) is 0.212. The van der Waals surface area contributed by atoms with Crippen molar-refractivity contribution < 1.29 is 0 Å². The van der Waals surface area contributed by atoms with Gasteiger partial charge in [0.1, 0.15) is 0 Å². The number of nitrogens with zero attached hydrogens (tertiary/aromatic N) is 4. The zero-order valence-corrected chi connectivity index (χ0v) is 12.1. The molecular weight excluding hydrogens is 236 g/mol. The first-order valence-corrected chi connectivity index (χ1v) is 6.81. The maximum atomic E-state index is 9.29. The van der Waals surface area contributed by atoms with Gasteiger partial charge in [0, 0.05) is 6.04 Å². The van der Waals surface area contributed by atoms with Crippen molar-refractivity contribution in [2.24, 2.45) is 17.3 Å². The van der Waals surface area contributed by atoms with Gasteiger partial charge in [0.25, 0.3) is 0 Å². The summed E-state index contributed by atoms with van der Waals surface area (Å²) in [6.45, 7) is 7.13. The molecule has 0 amide bonds. The molecule has 1 saturated carbocycles. The van der Waals surface area contributed by atoms with Crippen LogP contribution in [0.4, 0.5) is 0 Å². The highest BCUT2D eigenvalue weighted by atomic mass is 15.2. The van der Waals surface area contributed by atoms with Crippen LogP contribution in [0.5, 0.6) is 0 Å². The van der Waals surface area contributed by atoms with Gasteiger partial charge in [-0.05, 0) is 30.6 Å². The molecular formula is C15H22N4. The third kappa shape index (κ3) is 3.95. The van der Waals surface area contributed by atoms with Crippen LogP contribution in [-0.2, 0) is 0 Å². The summed E-state index contributed by atoms with van der Waals surface area (Å²) in [6.07, 6.45) is 2.84. The largest absolute Gasteiger partial charge is 0.273 e. The lowest BCUT2D eigenvalue weighted by atomic mass is 9.68. The van der Waals surface area contributed by atoms with Crippen LogP contribution in [0.1, 0.15) is 40.0 Å². The van der Waals surface area contributed by atoms with Crippen molar-refractivity contribution in [2.75, 3.05) is 13.1 Å². The Morgan fingerprint density at radius 2 is 1.63 bits per heavy atom. The predicted octanol–water partition coefficient (Wildman–Crippen LogP) is 2.69. The second-order valence-corrected chi connectivity index (χ2v) is 6.40. The molecule has 0 heterocycles. The first-order chi connectivity index (χ1) is 8.93. The van der Waals surface area contributed by atoms with E-state index in [-0.39, 0.29) is 30.5 Å². The van der Waals surface area contributed by atoms with E-state index in [1.165, 1.54) is 0 Å². The third-order valence-electron chi connectivity index (χ3n) is 4.22. The fourth-order valence-electron chi connectivity index (χ4n) is 2.96. The Morgan fingerprint density at radius 1 is 1.05 bits per heavy atom. The average molecular weight is 258 g/mol. The maximum Gasteiger partial charge on any atom is 0.0877 e. The molecule has 0 saturated heterocycles. The van der Waals surface area contributed by atoms with Gasteiger partial charge >= 0.3 is 0 Å². The minimum absolute atomic E-state index is 0.0438. The van der Waals surface area contributed by atoms with Crippen LogP contribution < -0.4 is 0 Å². The monoisotopic (exact) mass is 258 g/mol. The van der Waals surface area contributed by atoms with E-state index in [2.05, 4.69) is 39.0 Å². The standard InChI is InChI=1S/C15H22N4/c1-15(2,3)13-5-4-12(11-18)14(10-13)19(8-6-16)9-7-17/h12-14H,4-5,8-10H2,1-3H3. The molecule has 4 nitrogen and oxygen atoms in total. The van der Waals surface area contributed by atoms with E-state index in [0.717, 1.165) is 19.3 Å². The van der Waals surface area contributed by atoms with Gasteiger partial charge in [0.15, 0.2) is 0 Å². The second-order valence-electron chi connectivity index (χ2n) is 6.40. The van der Waals surface area contributed by atoms with Gasteiger partial charge in [-0.3, -0.25) is 4.90 Å². The van der Waals surface area contributed by atoms with E-state index in [9.17, 15) is 5.26 Å². The summed E-state index contributed by atoms with van der Waals surface area (Å²) in [4.78, 5) is 1.87. The van der Waals surface area contributed by atoms with Crippen LogP contribution in [0.3, 0.4) is 0 Å². The van der Waals surface area contributed by atoms with E-state index in [4.69, 9.17) is 10.5 Å². The molecule has 3 atom stereocenters. The molecule has 0 N–H and O–H groups in total. The van der Waals surface area contributed by atoms with Crippen molar-refractivity contribution >= 4 is 0 Å². The summed E-state index contributed by atoms with van der Waals surface area (Å²) < 4.78 is 0. The molecule has 0 aromatic heterocycles. The average Bonchev–Trinajstić information content (AvgIpc) is 2.36. The zero-order valence-electron chi connectivity index (χ0n) is 12.1. The molecule has 19 heavy (non-hydrogen) atoms. The molecule has 0 aliphatic heterocycles. The fourth-order valence-corrected chi connectivity index (χ4v) is 2.96. The van der Waals surface area contributed by atoms with Crippen LogP contribution in [0, 0.1) is 51.2 Å². The smallest absolute Gasteiger partial charge is 0.0877 e. The van der Waals surface area contributed by atoms with Crippen LogP contribution in [0.25, 0.3) is 0 Å². The quantitative estimate of drug-likeness (QED) is 0.729. The Hall–Kier alpha value is -1.57. The second kappa shape index (κ2) is 6.55. The van der Waals surface area contributed by atoms with Gasteiger partial charge in [0.05, 0.1) is 37.2 Å². The number of rotatable bonds is 3. The topological polar surface area (TPSA) is 74.6 Å². The molecule has 0 spiro atoms. The zero-order chi connectivity index (χ0) is 14.5. The summed E-state index contributed by atoms with van der Waals surface area (Å²) in [7, 11) is 0. The predicted molar refractivity (Wildman–Crippen MR) is 72.5 cm³/mol. The van der Waals surface area contributed by atoms with Crippen LogP contribution >= 0.6 is 0 Å². The first kappa shape index (κ1) is 15.5. The van der Waals surface area contributed by atoms with Crippen LogP contribution in [-0.4, -0.2) is 24.0 Å². The summed E-state index contributed by atoms with van der Waals surface area (Å²) in [5.74, 6) is 0.488. The summed E-state index contributed by atoms with van der Waals surface area (Å²) in [6, 6.07) is 6.63. The van der Waals surface area contributed by atoms with E-state index in [0.29, 0.717) is 5.92 Å². The normalized spacial score (nSPS) is 27.3. The highest BCUT2D eigenvalue weighted by Gasteiger charge is 2.38. The molecule has 1 rings (SSSR count). The molecule has 0 bridgehead atoms. The van der Waals surface area contributed by atoms with Crippen molar-refractivity contribution in [3.8, 4) is 18.2 Å². The molecule has 0 aromatic rings. The van der Waals surface area contributed by atoms with E-state index in [1.54, 1.807) is 0 Å². The van der Waals surface area contributed by atoms with Crippen LogP contribution in [0.2, 0.25) is 0 Å². The molecule has 0 aromatic carbocycles. The lowest BCUT2D eigenvalue weighted by molar-refractivity contribution is 0.0750. The van der Waals surface area contributed by atoms with Gasteiger partial charge in [-0.15, -0.1) is 0 Å². The van der Waals surface area contributed by atoms with Crippen molar-refractivity contribution in [2.45, 2.75) is 46.1 Å². The SMILES string of the molecule is CC(C)(C)C1CCC(C#N)C(N(CC#N)CC#N)C1. The Morgan fingerprint density at radius 3 is 2.05 bits per heavy atom. The Kier molecular flexibility index (Phi) is 5.34. The Bertz CT molecular complexity index is 399. The number of hydrogen-bond donors (Lipinski definition) is 0. The van der Waals surface area contributed by atoms with E-state index in [1.807, 2.05) is 4.90 Å². The molecule has 1 aliphatic carbocycles. The van der Waals surface area contributed by atoms with Gasteiger partial charge in [-0.25, -0.2) is 0 Å². The number of hydrogen-bond acceptors (Lipinski definition) is 4. The Balaban J connectivity index is 2.88. The van der Waals surface area contributed by atoms with Gasteiger partial charge in [-0.2, -0.15) is 15.8 Å². The summed E-state index contributed by atoms with van der Waals surface area (Å²) >= 11 is 0. The van der Waals surface area contributed by atoms with Crippen molar-refractivity contribution in [3.63, 3.8) is 0 Å². The van der Waals surface area contributed by atoms with Gasteiger partial charge in [0.2, 0.25) is 0 Å². The first-order valence-electron chi connectivity index (χ1n) is 6.81. The van der Waals surface area contributed by atoms with Crippen molar-refractivity contribution in [1.82, 2.24) is 4.90 Å². The maximum absolute atomic E-state index is 9.29. The van der Waals surface area contributed by atoms with Crippen molar-refractivity contribution in [1.29, 1.82) is 15.8 Å². The summed E-state index contributed by atoms with van der Waals surface area (Å²) in [5, 5.41) is 27.1. The molecule has 0 radical (unpaired) electrons.